The molecule has 1 aliphatic heterocycles. The number of carbonyl (C=O) groups excluding carboxylic acids is 2. The van der Waals surface area contributed by atoms with E-state index in [2.05, 4.69) is 20.7 Å². The summed E-state index contributed by atoms with van der Waals surface area (Å²) in [5, 5.41) is 21.4. The van der Waals surface area contributed by atoms with Crippen molar-refractivity contribution in [2.45, 2.75) is 38.1 Å². The smallest absolute Gasteiger partial charge is 0.248 e. The van der Waals surface area contributed by atoms with Gasteiger partial charge in [-0.3, -0.25) is 9.59 Å². The number of thiophene rings is 3. The fourth-order valence-corrected chi connectivity index (χ4v) is 6.09. The highest BCUT2D eigenvalue weighted by molar-refractivity contribution is 7.13. The molecule has 0 bridgehead atoms. The second-order valence-corrected chi connectivity index (χ2v) is 11.0. The molecular formula is C23H24N6O3S3. The molecule has 0 spiro atoms. The van der Waals surface area contributed by atoms with E-state index in [0.29, 0.717) is 18.9 Å². The number of nitrogens with one attached hydrogen (secondary N) is 1. The quantitative estimate of drug-likeness (QED) is 0.338. The first-order valence-corrected chi connectivity index (χ1v) is 13.9. The van der Waals surface area contributed by atoms with Crippen LogP contribution < -0.4 is 5.32 Å². The lowest BCUT2D eigenvalue weighted by Crippen LogP contribution is -2.45. The molecule has 35 heavy (non-hydrogen) atoms. The maximum Gasteiger partial charge on any atom is 0.248 e. The lowest BCUT2D eigenvalue weighted by atomic mass is 10.1. The Morgan fingerprint density at radius 1 is 1.14 bits per heavy atom. The SMILES string of the molecule is O=C(NC[C@H]1CCCO1)[C@@H](c1cccs1)N(Cc1cccs1)C(=O)Cn1nnc(-c2cccs2)n1. The molecule has 0 aliphatic carbocycles. The highest BCUT2D eigenvalue weighted by Crippen LogP contribution is 2.29. The van der Waals surface area contributed by atoms with Crippen molar-refractivity contribution in [3.8, 4) is 10.7 Å². The van der Waals surface area contributed by atoms with Crippen LogP contribution in [0.2, 0.25) is 0 Å². The number of carbonyl (C=O) groups is 2. The third-order valence-electron chi connectivity index (χ3n) is 5.60. The minimum absolute atomic E-state index is 0.0133. The fraction of sp³-hybridized carbons (Fsp3) is 0.348. The number of tetrazole rings is 1. The summed E-state index contributed by atoms with van der Waals surface area (Å²) in [5.41, 5.74) is 0. The molecule has 0 unspecified atom stereocenters. The summed E-state index contributed by atoms with van der Waals surface area (Å²) in [6.45, 7) is 1.33. The number of hydrogen-bond acceptors (Lipinski definition) is 9. The molecule has 1 saturated heterocycles. The standard InChI is InChI=1S/C23H24N6O3S3/c30-20(15-29-26-22(25-27-29)19-8-4-12-35-19)28(14-17-6-2-10-33-17)21(18-7-3-11-34-18)23(31)24-13-16-5-1-9-32-16/h2-4,6-8,10-12,16,21H,1,5,9,13-15H2,(H,24,31)/t16-,21-/m1/s1. The average Bonchev–Trinajstić information content (AvgIpc) is 3.69. The van der Waals surface area contributed by atoms with E-state index in [9.17, 15) is 9.59 Å². The van der Waals surface area contributed by atoms with Crippen LogP contribution in [-0.2, 0) is 27.4 Å². The van der Waals surface area contributed by atoms with Crippen LogP contribution in [0.3, 0.4) is 0 Å². The average molecular weight is 529 g/mol. The molecule has 1 fully saturated rings. The van der Waals surface area contributed by atoms with Gasteiger partial charge in [-0.15, -0.1) is 44.2 Å². The number of hydrogen-bond donors (Lipinski definition) is 1. The molecule has 4 aromatic rings. The van der Waals surface area contributed by atoms with E-state index in [1.54, 1.807) is 16.2 Å². The molecule has 5 rings (SSSR count). The number of aromatic nitrogens is 4. The Morgan fingerprint density at radius 2 is 1.97 bits per heavy atom. The van der Waals surface area contributed by atoms with Crippen molar-refractivity contribution < 1.29 is 14.3 Å². The Bertz CT molecular complexity index is 1220. The Kier molecular flexibility index (Phi) is 7.62. The van der Waals surface area contributed by atoms with Gasteiger partial charge in [-0.1, -0.05) is 18.2 Å². The van der Waals surface area contributed by atoms with Crippen molar-refractivity contribution in [3.63, 3.8) is 0 Å². The van der Waals surface area contributed by atoms with E-state index < -0.39 is 6.04 Å². The van der Waals surface area contributed by atoms with Gasteiger partial charge in [0.05, 0.1) is 17.5 Å². The molecule has 2 atom stereocenters. The van der Waals surface area contributed by atoms with Gasteiger partial charge in [0.2, 0.25) is 17.6 Å². The zero-order chi connectivity index (χ0) is 24.0. The topological polar surface area (TPSA) is 102 Å². The highest BCUT2D eigenvalue weighted by atomic mass is 32.1. The van der Waals surface area contributed by atoms with Crippen LogP contribution in [0.5, 0.6) is 0 Å². The van der Waals surface area contributed by atoms with Gasteiger partial charge in [-0.2, -0.15) is 4.80 Å². The molecule has 9 nitrogen and oxygen atoms in total. The molecule has 5 heterocycles. The second-order valence-electron chi connectivity index (χ2n) is 8.02. The first-order valence-electron chi connectivity index (χ1n) is 11.2. The fourth-order valence-electron chi connectivity index (χ4n) is 3.91. The van der Waals surface area contributed by atoms with Crippen LogP contribution in [0.15, 0.2) is 52.5 Å². The Hall–Kier alpha value is -2.93. The number of rotatable bonds is 10. The van der Waals surface area contributed by atoms with Crippen molar-refractivity contribution >= 4 is 45.8 Å². The maximum absolute atomic E-state index is 13.6. The minimum atomic E-state index is -0.772. The summed E-state index contributed by atoms with van der Waals surface area (Å²) < 4.78 is 5.66. The van der Waals surface area contributed by atoms with Gasteiger partial charge in [-0.05, 0) is 52.4 Å². The van der Waals surface area contributed by atoms with E-state index in [0.717, 1.165) is 34.1 Å². The van der Waals surface area contributed by atoms with Crippen molar-refractivity contribution in [3.05, 3.63) is 62.3 Å². The van der Waals surface area contributed by atoms with Gasteiger partial charge in [0.25, 0.3) is 0 Å². The number of ether oxygens (including phenoxy) is 1. The molecule has 182 valence electrons. The first-order chi connectivity index (χ1) is 17.2. The summed E-state index contributed by atoms with van der Waals surface area (Å²) in [6, 6.07) is 10.7. The number of amides is 2. The van der Waals surface area contributed by atoms with Crippen LogP contribution in [0.25, 0.3) is 10.7 Å². The first kappa shape index (κ1) is 23.8. The number of nitrogens with zero attached hydrogens (tertiary/aromatic N) is 5. The maximum atomic E-state index is 13.6. The van der Waals surface area contributed by atoms with Gasteiger partial charge >= 0.3 is 0 Å². The summed E-state index contributed by atoms with van der Waals surface area (Å²) in [5.74, 6) is -0.0143. The van der Waals surface area contributed by atoms with Crippen LogP contribution in [0, 0.1) is 0 Å². The zero-order valence-electron chi connectivity index (χ0n) is 18.8. The third-order valence-corrected chi connectivity index (χ3v) is 8.25. The third kappa shape index (κ3) is 5.84. The summed E-state index contributed by atoms with van der Waals surface area (Å²) in [7, 11) is 0. The van der Waals surface area contributed by atoms with Gasteiger partial charge in [0, 0.05) is 22.9 Å². The molecule has 0 radical (unpaired) electrons. The highest BCUT2D eigenvalue weighted by Gasteiger charge is 2.33. The lowest BCUT2D eigenvalue weighted by Gasteiger charge is -2.30. The zero-order valence-corrected chi connectivity index (χ0v) is 21.2. The Balaban J connectivity index is 1.38. The van der Waals surface area contributed by atoms with Gasteiger partial charge in [0.15, 0.2) is 0 Å². The van der Waals surface area contributed by atoms with E-state index in [4.69, 9.17) is 4.74 Å². The van der Waals surface area contributed by atoms with Crippen LogP contribution in [-0.4, -0.2) is 56.2 Å². The van der Waals surface area contributed by atoms with Crippen LogP contribution in [0.1, 0.15) is 28.6 Å². The van der Waals surface area contributed by atoms with Gasteiger partial charge in [0.1, 0.15) is 12.6 Å². The van der Waals surface area contributed by atoms with E-state index in [1.807, 2.05) is 52.5 Å². The molecule has 2 amide bonds. The second kappa shape index (κ2) is 11.2. The monoisotopic (exact) mass is 528 g/mol. The normalized spacial score (nSPS) is 16.3. The van der Waals surface area contributed by atoms with Gasteiger partial charge in [-0.25, -0.2) is 0 Å². The Morgan fingerprint density at radius 3 is 2.69 bits per heavy atom. The summed E-state index contributed by atoms with van der Waals surface area (Å²) in [6.07, 6.45) is 1.93. The van der Waals surface area contributed by atoms with Crippen LogP contribution in [0.4, 0.5) is 0 Å². The molecule has 0 saturated carbocycles. The van der Waals surface area contributed by atoms with Crippen molar-refractivity contribution in [2.75, 3.05) is 13.2 Å². The van der Waals surface area contributed by atoms with Crippen LogP contribution >= 0.6 is 34.0 Å². The molecule has 1 aliphatic rings. The molecule has 12 heteroatoms. The summed E-state index contributed by atoms with van der Waals surface area (Å²) >= 11 is 4.51. The van der Waals surface area contributed by atoms with E-state index in [-0.39, 0.29) is 24.5 Å². The molecule has 1 N–H and O–H groups in total. The van der Waals surface area contributed by atoms with Crippen molar-refractivity contribution in [1.29, 1.82) is 0 Å². The summed E-state index contributed by atoms with van der Waals surface area (Å²) in [4.78, 5) is 32.7. The van der Waals surface area contributed by atoms with E-state index in [1.165, 1.54) is 27.5 Å². The largest absolute Gasteiger partial charge is 0.376 e. The molecular weight excluding hydrogens is 504 g/mol. The predicted molar refractivity (Wildman–Crippen MR) is 135 cm³/mol. The lowest BCUT2D eigenvalue weighted by molar-refractivity contribution is -0.142. The van der Waals surface area contributed by atoms with Crippen molar-refractivity contribution in [2.24, 2.45) is 0 Å². The van der Waals surface area contributed by atoms with Crippen molar-refractivity contribution in [1.82, 2.24) is 30.4 Å². The minimum Gasteiger partial charge on any atom is -0.376 e. The van der Waals surface area contributed by atoms with Gasteiger partial charge < -0.3 is 15.0 Å². The molecule has 0 aromatic carbocycles. The van der Waals surface area contributed by atoms with E-state index >= 15 is 0 Å². The predicted octanol–water partition coefficient (Wildman–Crippen LogP) is 3.59. The Labute approximate surface area is 214 Å². The molecule has 4 aromatic heterocycles.